The minimum atomic E-state index is -0.651. The van der Waals surface area contributed by atoms with E-state index < -0.39 is 23.4 Å². The van der Waals surface area contributed by atoms with E-state index in [9.17, 15) is 24.0 Å². The highest BCUT2D eigenvalue weighted by Crippen LogP contribution is 2.18. The molecule has 4 amide bonds. The monoisotopic (exact) mass is 846 g/mol. The van der Waals surface area contributed by atoms with Gasteiger partial charge in [-0.25, -0.2) is 9.59 Å². The van der Waals surface area contributed by atoms with Crippen molar-refractivity contribution in [1.82, 2.24) is 19.6 Å². The summed E-state index contributed by atoms with van der Waals surface area (Å²) in [6.45, 7) is 12.7. The van der Waals surface area contributed by atoms with Crippen molar-refractivity contribution in [2.75, 3.05) is 26.2 Å². The van der Waals surface area contributed by atoms with Crippen LogP contribution in [0.25, 0.3) is 0 Å². The Morgan fingerprint density at radius 2 is 0.677 bits per heavy atom. The lowest BCUT2D eigenvalue weighted by Gasteiger charge is -2.28. The number of amides is 4. The molecule has 4 aromatic rings. The Hall–Kier alpha value is -5.97. The lowest BCUT2D eigenvalue weighted by atomic mass is 10.1. The molecule has 0 saturated heterocycles. The van der Waals surface area contributed by atoms with Gasteiger partial charge in [0.05, 0.1) is 13.1 Å². The van der Waals surface area contributed by atoms with Crippen LogP contribution in [-0.2, 0) is 50.0 Å². The third-order valence-corrected chi connectivity index (χ3v) is 9.75. The molecular formula is C51H66N4O7. The maximum Gasteiger partial charge on any atom is 0.410 e. The Kier molecular flexibility index (Phi) is 19.2. The molecule has 11 heteroatoms. The summed E-state index contributed by atoms with van der Waals surface area (Å²) in [6, 6.07) is 38.5. The number of Topliss-reactive ketones (excluding diaryl/α,β-unsaturated/α-hetero) is 1. The van der Waals surface area contributed by atoms with Crippen molar-refractivity contribution in [2.45, 2.75) is 117 Å². The summed E-state index contributed by atoms with van der Waals surface area (Å²) >= 11 is 0. The first-order chi connectivity index (χ1) is 29.5. The first-order valence-corrected chi connectivity index (χ1v) is 21.7. The highest BCUT2D eigenvalue weighted by atomic mass is 16.6. The van der Waals surface area contributed by atoms with Crippen LogP contribution < -0.4 is 0 Å². The predicted molar refractivity (Wildman–Crippen MR) is 243 cm³/mol. The standard InChI is InChI=1S/C51H66N4O7/c1-50(2,3)61-48(59)52(35-41-23-11-7-12-24-41)33-21-19-31-46(57)54(37-43-27-15-9-16-28-43)39-45(56)40-55(38-44-29-17-10-18-30-44)47(58)32-20-22-34-53(49(60)62-51(4,5)6)36-42-25-13-8-14-26-42/h7-18,23-30H,19-22,31-40H2,1-6H3. The summed E-state index contributed by atoms with van der Waals surface area (Å²) in [4.78, 5) is 74.4. The van der Waals surface area contributed by atoms with E-state index in [4.69, 9.17) is 9.47 Å². The van der Waals surface area contributed by atoms with E-state index in [1.807, 2.05) is 163 Å². The molecule has 0 radical (unpaired) electrons. The number of carbonyl (C=O) groups excluding carboxylic acids is 5. The first-order valence-electron chi connectivity index (χ1n) is 21.7. The second kappa shape index (κ2) is 24.5. The van der Waals surface area contributed by atoms with Crippen LogP contribution in [0.1, 0.15) is 102 Å². The fourth-order valence-electron chi connectivity index (χ4n) is 6.75. The molecule has 0 aliphatic heterocycles. The zero-order valence-electron chi connectivity index (χ0n) is 37.6. The molecule has 0 unspecified atom stereocenters. The molecule has 0 spiro atoms. The summed E-state index contributed by atoms with van der Waals surface area (Å²) in [6.07, 6.45) is 1.67. The third-order valence-electron chi connectivity index (χ3n) is 9.75. The molecule has 0 fully saturated rings. The van der Waals surface area contributed by atoms with Crippen molar-refractivity contribution >= 4 is 29.8 Å². The highest BCUT2D eigenvalue weighted by Gasteiger charge is 2.26. The molecule has 4 rings (SSSR count). The fourth-order valence-corrected chi connectivity index (χ4v) is 6.75. The second-order valence-corrected chi connectivity index (χ2v) is 17.7. The van der Waals surface area contributed by atoms with E-state index in [1.165, 1.54) is 0 Å². The molecular weight excluding hydrogens is 781 g/mol. The average molecular weight is 847 g/mol. The minimum absolute atomic E-state index is 0.158. The molecule has 62 heavy (non-hydrogen) atoms. The van der Waals surface area contributed by atoms with Crippen LogP contribution >= 0.6 is 0 Å². The molecule has 0 N–H and O–H groups in total. The largest absolute Gasteiger partial charge is 0.444 e. The predicted octanol–water partition coefficient (Wildman–Crippen LogP) is 9.83. The Bertz CT molecular complexity index is 1840. The SMILES string of the molecule is CC(C)(C)OC(=O)N(CCCCC(=O)N(CC(=O)CN(Cc1ccccc1)C(=O)CCCCN(Cc1ccccc1)C(=O)OC(C)(C)C)Cc1ccccc1)Cc1ccccc1. The van der Waals surface area contributed by atoms with Crippen LogP contribution in [0.3, 0.4) is 0 Å². The number of ketones is 1. The van der Waals surface area contributed by atoms with Gasteiger partial charge in [-0.15, -0.1) is 0 Å². The van der Waals surface area contributed by atoms with Gasteiger partial charge in [-0.2, -0.15) is 0 Å². The van der Waals surface area contributed by atoms with E-state index in [0.717, 1.165) is 22.3 Å². The van der Waals surface area contributed by atoms with Crippen LogP contribution in [-0.4, -0.2) is 86.8 Å². The smallest absolute Gasteiger partial charge is 0.410 e. The van der Waals surface area contributed by atoms with Gasteiger partial charge in [0, 0.05) is 52.1 Å². The van der Waals surface area contributed by atoms with E-state index in [0.29, 0.717) is 51.9 Å². The molecule has 0 aliphatic carbocycles. The lowest BCUT2D eigenvalue weighted by molar-refractivity contribution is -0.139. The number of ether oxygens (including phenoxy) is 2. The minimum Gasteiger partial charge on any atom is -0.444 e. The van der Waals surface area contributed by atoms with Crippen LogP contribution in [0.5, 0.6) is 0 Å². The van der Waals surface area contributed by atoms with E-state index >= 15 is 0 Å². The third kappa shape index (κ3) is 18.7. The number of nitrogens with zero attached hydrogens (tertiary/aromatic N) is 4. The van der Waals surface area contributed by atoms with Crippen LogP contribution in [0.4, 0.5) is 9.59 Å². The molecule has 0 heterocycles. The summed E-state index contributed by atoms with van der Waals surface area (Å²) < 4.78 is 11.4. The number of rotatable bonds is 22. The van der Waals surface area contributed by atoms with Crippen molar-refractivity contribution < 1.29 is 33.4 Å². The van der Waals surface area contributed by atoms with Crippen LogP contribution in [0, 0.1) is 0 Å². The highest BCUT2D eigenvalue weighted by molar-refractivity contribution is 5.90. The maximum atomic E-state index is 13.9. The van der Waals surface area contributed by atoms with Gasteiger partial charge in [-0.05, 0) is 89.5 Å². The lowest BCUT2D eigenvalue weighted by Crippen LogP contribution is -2.41. The summed E-state index contributed by atoms with van der Waals surface area (Å²) in [7, 11) is 0. The van der Waals surface area contributed by atoms with E-state index in [2.05, 4.69) is 0 Å². The Morgan fingerprint density at radius 3 is 0.952 bits per heavy atom. The van der Waals surface area contributed by atoms with Gasteiger partial charge in [0.15, 0.2) is 5.78 Å². The molecule has 0 bridgehead atoms. The van der Waals surface area contributed by atoms with Crippen LogP contribution in [0.2, 0.25) is 0 Å². The summed E-state index contributed by atoms with van der Waals surface area (Å²) in [5.41, 5.74) is 2.43. The summed E-state index contributed by atoms with van der Waals surface area (Å²) in [5, 5.41) is 0. The van der Waals surface area contributed by atoms with Crippen molar-refractivity contribution in [3.8, 4) is 0 Å². The normalized spacial score (nSPS) is 11.3. The maximum absolute atomic E-state index is 13.9. The zero-order valence-corrected chi connectivity index (χ0v) is 37.6. The van der Waals surface area contributed by atoms with Crippen molar-refractivity contribution in [1.29, 1.82) is 0 Å². The average Bonchev–Trinajstić information content (AvgIpc) is 3.22. The van der Waals surface area contributed by atoms with Crippen molar-refractivity contribution in [2.24, 2.45) is 0 Å². The fraction of sp³-hybridized carbons (Fsp3) is 0.431. The van der Waals surface area contributed by atoms with Gasteiger partial charge in [-0.1, -0.05) is 121 Å². The molecule has 11 nitrogen and oxygen atoms in total. The Balaban J connectivity index is 1.39. The van der Waals surface area contributed by atoms with Gasteiger partial charge in [0.1, 0.15) is 11.2 Å². The van der Waals surface area contributed by atoms with Gasteiger partial charge < -0.3 is 29.1 Å². The summed E-state index contributed by atoms with van der Waals surface area (Å²) in [5.74, 6) is -0.614. The van der Waals surface area contributed by atoms with Crippen molar-refractivity contribution in [3.05, 3.63) is 144 Å². The number of carbonyl (C=O) groups is 5. The second-order valence-electron chi connectivity index (χ2n) is 17.7. The zero-order chi connectivity index (χ0) is 45.0. The Morgan fingerprint density at radius 1 is 0.403 bits per heavy atom. The molecule has 0 saturated carbocycles. The van der Waals surface area contributed by atoms with Gasteiger partial charge in [0.2, 0.25) is 11.8 Å². The van der Waals surface area contributed by atoms with Gasteiger partial charge in [-0.3, -0.25) is 14.4 Å². The van der Waals surface area contributed by atoms with E-state index in [-0.39, 0.29) is 56.6 Å². The molecule has 4 aromatic carbocycles. The molecule has 0 atom stereocenters. The van der Waals surface area contributed by atoms with Gasteiger partial charge in [0.25, 0.3) is 0 Å². The molecule has 0 aliphatic rings. The van der Waals surface area contributed by atoms with Crippen LogP contribution in [0.15, 0.2) is 121 Å². The number of unbranched alkanes of at least 4 members (excludes halogenated alkanes) is 2. The Labute approximate surface area is 369 Å². The topological polar surface area (TPSA) is 117 Å². The van der Waals surface area contributed by atoms with E-state index in [1.54, 1.807) is 19.6 Å². The first kappa shape index (κ1) is 48.7. The molecule has 332 valence electrons. The quantitative estimate of drug-likeness (QED) is 0.0724. The number of hydrogen-bond donors (Lipinski definition) is 0. The molecule has 0 aromatic heterocycles. The van der Waals surface area contributed by atoms with Crippen molar-refractivity contribution in [3.63, 3.8) is 0 Å². The number of hydrogen-bond acceptors (Lipinski definition) is 7. The number of benzene rings is 4. The van der Waals surface area contributed by atoms with Gasteiger partial charge >= 0.3 is 12.2 Å².